The van der Waals surface area contributed by atoms with Crippen molar-refractivity contribution in [2.45, 2.75) is 25.1 Å². The predicted molar refractivity (Wildman–Crippen MR) is 93.1 cm³/mol. The maximum Gasteiger partial charge on any atom is 0.329 e. The Labute approximate surface area is 151 Å². The first-order valence-corrected chi connectivity index (χ1v) is 8.55. The number of amides is 3. The summed E-state index contributed by atoms with van der Waals surface area (Å²) in [6.45, 7) is 0.554. The van der Waals surface area contributed by atoms with E-state index >= 15 is 0 Å². The largest absolute Gasteiger partial charge is 0.459 e. The smallest absolute Gasteiger partial charge is 0.329 e. The molecule has 2 atom stereocenters. The second-order valence-electron chi connectivity index (χ2n) is 6.47. The van der Waals surface area contributed by atoms with Crippen LogP contribution in [0.5, 0.6) is 0 Å². The van der Waals surface area contributed by atoms with Crippen LogP contribution in [0.2, 0.25) is 0 Å². The van der Waals surface area contributed by atoms with Crippen molar-refractivity contribution in [3.05, 3.63) is 71.8 Å². The molecule has 0 N–H and O–H groups in total. The number of hydrogen-bond acceptors (Lipinski definition) is 4. The Morgan fingerprint density at radius 2 is 1.65 bits per heavy atom. The number of urea groups is 1. The average molecular weight is 350 g/mol. The Balaban J connectivity index is 1.41. The normalized spacial score (nSPS) is 21.2. The van der Waals surface area contributed by atoms with Gasteiger partial charge in [0.05, 0.1) is 6.04 Å². The van der Waals surface area contributed by atoms with E-state index in [4.69, 9.17) is 4.74 Å². The van der Waals surface area contributed by atoms with Crippen molar-refractivity contribution in [2.24, 2.45) is 0 Å². The molecule has 6 heteroatoms. The van der Waals surface area contributed by atoms with Crippen molar-refractivity contribution < 1.29 is 19.1 Å². The van der Waals surface area contributed by atoms with Crippen LogP contribution in [0.25, 0.3) is 0 Å². The number of fused-ring (bicyclic) bond motifs is 2. The summed E-state index contributed by atoms with van der Waals surface area (Å²) in [4.78, 5) is 40.3. The standard InChI is InChI=1S/C20H18N2O4/c23-18(15-9-5-2-6-10-15)22-16-11-17(21(12-16)20(22)25)19(24)26-13-14-7-3-1-4-8-14/h1-10,16-17H,11-13H2/t16-,17-/m1/s1. The molecule has 2 aliphatic heterocycles. The summed E-state index contributed by atoms with van der Waals surface area (Å²) in [6.07, 6.45) is 0.415. The van der Waals surface area contributed by atoms with Crippen LogP contribution >= 0.6 is 0 Å². The lowest BCUT2D eigenvalue weighted by Gasteiger charge is -2.29. The van der Waals surface area contributed by atoms with Crippen molar-refractivity contribution in [3.63, 3.8) is 0 Å². The van der Waals surface area contributed by atoms with E-state index in [0.717, 1.165) is 5.56 Å². The van der Waals surface area contributed by atoms with Gasteiger partial charge in [-0.05, 0) is 17.7 Å². The summed E-state index contributed by atoms with van der Waals surface area (Å²) in [5, 5.41) is 0. The highest BCUT2D eigenvalue weighted by atomic mass is 16.5. The number of rotatable bonds is 4. The van der Waals surface area contributed by atoms with Gasteiger partial charge in [0.25, 0.3) is 5.91 Å². The van der Waals surface area contributed by atoms with Crippen LogP contribution < -0.4 is 0 Å². The second-order valence-corrected chi connectivity index (χ2v) is 6.47. The fourth-order valence-electron chi connectivity index (χ4n) is 3.53. The molecule has 2 aliphatic rings. The van der Waals surface area contributed by atoms with Crippen LogP contribution in [0.1, 0.15) is 22.3 Å². The zero-order valence-electron chi connectivity index (χ0n) is 14.1. The van der Waals surface area contributed by atoms with Crippen molar-refractivity contribution in [1.29, 1.82) is 0 Å². The molecule has 26 heavy (non-hydrogen) atoms. The number of hydrogen-bond donors (Lipinski definition) is 0. The Morgan fingerprint density at radius 1 is 1.00 bits per heavy atom. The zero-order valence-corrected chi connectivity index (χ0v) is 14.1. The summed E-state index contributed by atoms with van der Waals surface area (Å²) < 4.78 is 5.36. The SMILES string of the molecule is O=C(OCc1ccccc1)[C@H]1C[C@@H]2CN1C(=O)N2C(=O)c1ccccc1. The van der Waals surface area contributed by atoms with Gasteiger partial charge in [-0.1, -0.05) is 48.5 Å². The molecule has 132 valence electrons. The fourth-order valence-corrected chi connectivity index (χ4v) is 3.53. The first-order valence-electron chi connectivity index (χ1n) is 8.55. The molecule has 0 aromatic heterocycles. The number of benzene rings is 2. The maximum absolute atomic E-state index is 12.6. The molecule has 3 amide bonds. The third kappa shape index (κ3) is 2.83. The van der Waals surface area contributed by atoms with Crippen LogP contribution in [0.3, 0.4) is 0 Å². The fraction of sp³-hybridized carbons (Fsp3) is 0.250. The highest BCUT2D eigenvalue weighted by Gasteiger charge is 2.53. The highest BCUT2D eigenvalue weighted by Crippen LogP contribution is 2.33. The average Bonchev–Trinajstić information content (AvgIpc) is 3.25. The van der Waals surface area contributed by atoms with Gasteiger partial charge in [0.2, 0.25) is 0 Å². The maximum atomic E-state index is 12.6. The van der Waals surface area contributed by atoms with Crippen LogP contribution in [0.4, 0.5) is 4.79 Å². The van der Waals surface area contributed by atoms with Crippen molar-refractivity contribution in [2.75, 3.05) is 6.54 Å². The third-order valence-electron chi connectivity index (χ3n) is 4.83. The first kappa shape index (κ1) is 16.3. The second kappa shape index (κ2) is 6.63. The molecule has 2 aromatic carbocycles. The number of ether oxygens (including phenoxy) is 1. The van der Waals surface area contributed by atoms with Gasteiger partial charge in [-0.2, -0.15) is 0 Å². The molecule has 6 nitrogen and oxygen atoms in total. The molecular weight excluding hydrogens is 332 g/mol. The lowest BCUT2D eigenvalue weighted by atomic mass is 10.1. The van der Waals surface area contributed by atoms with Crippen LogP contribution in [-0.4, -0.2) is 46.3 Å². The van der Waals surface area contributed by atoms with Gasteiger partial charge in [0.1, 0.15) is 12.6 Å². The van der Waals surface area contributed by atoms with Gasteiger partial charge in [-0.25, -0.2) is 9.59 Å². The van der Waals surface area contributed by atoms with E-state index in [2.05, 4.69) is 0 Å². The number of imide groups is 1. The molecule has 2 saturated heterocycles. The Bertz CT molecular complexity index is 837. The number of nitrogens with zero attached hydrogens (tertiary/aromatic N) is 2. The van der Waals surface area contributed by atoms with Gasteiger partial charge in [0, 0.05) is 18.5 Å². The van der Waals surface area contributed by atoms with E-state index in [1.165, 1.54) is 9.80 Å². The van der Waals surface area contributed by atoms with Gasteiger partial charge in [-0.3, -0.25) is 9.69 Å². The molecule has 2 bridgehead atoms. The van der Waals surface area contributed by atoms with Crippen LogP contribution in [0, 0.1) is 0 Å². The summed E-state index contributed by atoms with van der Waals surface area (Å²) >= 11 is 0. The third-order valence-corrected chi connectivity index (χ3v) is 4.83. The minimum absolute atomic E-state index is 0.176. The molecule has 2 fully saturated rings. The molecule has 0 spiro atoms. The highest BCUT2D eigenvalue weighted by molar-refractivity contribution is 6.07. The van der Waals surface area contributed by atoms with Gasteiger partial charge in [0.15, 0.2) is 0 Å². The van der Waals surface area contributed by atoms with E-state index in [0.29, 0.717) is 18.5 Å². The van der Waals surface area contributed by atoms with E-state index in [9.17, 15) is 14.4 Å². The molecule has 4 rings (SSSR count). The molecule has 0 unspecified atom stereocenters. The molecule has 2 aromatic rings. The zero-order chi connectivity index (χ0) is 18.1. The minimum Gasteiger partial charge on any atom is -0.459 e. The summed E-state index contributed by atoms with van der Waals surface area (Å²) in [6, 6.07) is 16.8. The van der Waals surface area contributed by atoms with Crippen LogP contribution in [-0.2, 0) is 16.1 Å². The van der Waals surface area contributed by atoms with E-state index < -0.39 is 18.0 Å². The number of esters is 1. The molecule has 2 heterocycles. The number of carbonyl (C=O) groups is 3. The summed E-state index contributed by atoms with van der Waals surface area (Å²) in [5.74, 6) is -0.740. The monoisotopic (exact) mass is 350 g/mol. The summed E-state index contributed by atoms with van der Waals surface area (Å²) in [5.41, 5.74) is 1.36. The van der Waals surface area contributed by atoms with Gasteiger partial charge < -0.3 is 9.64 Å². The van der Waals surface area contributed by atoms with Crippen LogP contribution in [0.15, 0.2) is 60.7 Å². The lowest BCUT2D eigenvalue weighted by molar-refractivity contribution is -0.149. The first-order chi connectivity index (χ1) is 12.6. The van der Waals surface area contributed by atoms with E-state index in [-0.39, 0.29) is 18.6 Å². The lowest BCUT2D eigenvalue weighted by Crippen LogP contribution is -2.50. The topological polar surface area (TPSA) is 66.9 Å². The number of carbonyl (C=O) groups excluding carboxylic acids is 3. The van der Waals surface area contributed by atoms with Gasteiger partial charge >= 0.3 is 12.0 Å². The van der Waals surface area contributed by atoms with E-state index in [1.54, 1.807) is 24.3 Å². The Morgan fingerprint density at radius 3 is 2.31 bits per heavy atom. The molecule has 0 saturated carbocycles. The van der Waals surface area contributed by atoms with E-state index in [1.807, 2.05) is 36.4 Å². The molecule has 0 radical (unpaired) electrons. The van der Waals surface area contributed by atoms with Gasteiger partial charge in [-0.15, -0.1) is 0 Å². The van der Waals surface area contributed by atoms with Crippen molar-refractivity contribution in [3.8, 4) is 0 Å². The predicted octanol–water partition coefficient (Wildman–Crippen LogP) is 2.45. The van der Waals surface area contributed by atoms with Crippen molar-refractivity contribution >= 4 is 17.9 Å². The minimum atomic E-state index is -0.615. The Hall–Kier alpha value is -3.15. The quantitative estimate of drug-likeness (QED) is 0.795. The van der Waals surface area contributed by atoms with Crippen molar-refractivity contribution in [1.82, 2.24) is 9.80 Å². The molecular formula is C20H18N2O4. The molecule has 0 aliphatic carbocycles. The summed E-state index contributed by atoms with van der Waals surface area (Å²) in [7, 11) is 0. The Kier molecular flexibility index (Phi) is 4.16.